The van der Waals surface area contributed by atoms with Gasteiger partial charge in [0.05, 0.1) is 12.0 Å². The zero-order chi connectivity index (χ0) is 14.8. The zero-order valence-corrected chi connectivity index (χ0v) is 12.0. The van der Waals surface area contributed by atoms with Crippen molar-refractivity contribution in [1.82, 2.24) is 5.32 Å². The first-order chi connectivity index (χ1) is 9.33. The van der Waals surface area contributed by atoms with Crippen molar-refractivity contribution in [2.75, 3.05) is 25.5 Å². The highest BCUT2D eigenvalue weighted by Crippen LogP contribution is 2.25. The number of carbonyl (C=O) groups excluding carboxylic acids is 1. The summed E-state index contributed by atoms with van der Waals surface area (Å²) in [7, 11) is 0. The van der Waals surface area contributed by atoms with E-state index in [0.29, 0.717) is 18.7 Å². The van der Waals surface area contributed by atoms with Gasteiger partial charge in [0.15, 0.2) is 0 Å². The van der Waals surface area contributed by atoms with Crippen LogP contribution in [-0.2, 0) is 14.9 Å². The van der Waals surface area contributed by atoms with Crippen molar-refractivity contribution in [2.45, 2.75) is 31.3 Å². The third kappa shape index (κ3) is 3.11. The average molecular weight is 278 g/mol. The van der Waals surface area contributed by atoms with Crippen molar-refractivity contribution in [3.63, 3.8) is 0 Å². The summed E-state index contributed by atoms with van der Waals surface area (Å²) in [5, 5.41) is 13.0. The minimum Gasteiger partial charge on any atom is -0.399 e. The molecule has 1 unspecified atom stereocenters. The highest BCUT2D eigenvalue weighted by molar-refractivity contribution is 5.87. The molecule has 1 aliphatic heterocycles. The van der Waals surface area contributed by atoms with Gasteiger partial charge in [-0.2, -0.15) is 0 Å². The third-order valence-electron chi connectivity index (χ3n) is 3.86. The molecule has 0 spiro atoms. The van der Waals surface area contributed by atoms with Gasteiger partial charge in [-0.25, -0.2) is 0 Å². The second kappa shape index (κ2) is 5.42. The van der Waals surface area contributed by atoms with Crippen LogP contribution in [0.1, 0.15) is 25.8 Å². The number of nitrogen functional groups attached to an aromatic ring is 1. The van der Waals surface area contributed by atoms with Gasteiger partial charge in [-0.05, 0) is 31.5 Å². The van der Waals surface area contributed by atoms with E-state index in [-0.39, 0.29) is 19.1 Å². The molecule has 20 heavy (non-hydrogen) atoms. The SMILES string of the molecule is CC(C)(C(=O)NCC1(O)CCOC1)c1ccc(N)cc1. The van der Waals surface area contributed by atoms with Gasteiger partial charge >= 0.3 is 0 Å². The maximum Gasteiger partial charge on any atom is 0.230 e. The Hall–Kier alpha value is -1.59. The van der Waals surface area contributed by atoms with Crippen LogP contribution in [0.2, 0.25) is 0 Å². The lowest BCUT2D eigenvalue weighted by Crippen LogP contribution is -2.48. The first-order valence-corrected chi connectivity index (χ1v) is 6.78. The Morgan fingerprint density at radius 1 is 1.45 bits per heavy atom. The van der Waals surface area contributed by atoms with E-state index in [9.17, 15) is 9.90 Å². The minimum atomic E-state index is -0.938. The van der Waals surface area contributed by atoms with Crippen LogP contribution in [0.15, 0.2) is 24.3 Å². The fourth-order valence-corrected chi connectivity index (χ4v) is 2.23. The van der Waals surface area contributed by atoms with Crippen LogP contribution in [0.3, 0.4) is 0 Å². The lowest BCUT2D eigenvalue weighted by Gasteiger charge is -2.27. The highest BCUT2D eigenvalue weighted by Gasteiger charge is 2.35. The van der Waals surface area contributed by atoms with Gasteiger partial charge in [0, 0.05) is 25.3 Å². The van der Waals surface area contributed by atoms with Crippen LogP contribution in [0.4, 0.5) is 5.69 Å². The summed E-state index contributed by atoms with van der Waals surface area (Å²) < 4.78 is 5.16. The maximum absolute atomic E-state index is 12.4. The van der Waals surface area contributed by atoms with E-state index < -0.39 is 11.0 Å². The number of rotatable bonds is 4. The molecular weight excluding hydrogens is 256 g/mol. The molecular formula is C15H22N2O3. The molecule has 0 aromatic heterocycles. The van der Waals surface area contributed by atoms with Gasteiger partial charge in [-0.15, -0.1) is 0 Å². The molecule has 1 aliphatic rings. The van der Waals surface area contributed by atoms with E-state index in [1.807, 2.05) is 26.0 Å². The first-order valence-electron chi connectivity index (χ1n) is 6.78. The highest BCUT2D eigenvalue weighted by atomic mass is 16.5. The normalized spacial score (nSPS) is 22.8. The second-order valence-corrected chi connectivity index (χ2v) is 5.96. The van der Waals surface area contributed by atoms with Gasteiger partial charge in [-0.3, -0.25) is 4.79 Å². The van der Waals surface area contributed by atoms with Crippen molar-refractivity contribution < 1.29 is 14.6 Å². The summed E-state index contributed by atoms with van der Waals surface area (Å²) in [4.78, 5) is 12.4. The summed E-state index contributed by atoms with van der Waals surface area (Å²) in [6, 6.07) is 7.26. The number of nitrogens with one attached hydrogen (secondary N) is 1. The quantitative estimate of drug-likeness (QED) is 0.712. The molecule has 4 N–H and O–H groups in total. The molecule has 1 aromatic carbocycles. The van der Waals surface area contributed by atoms with Crippen LogP contribution in [0.5, 0.6) is 0 Å². The number of amides is 1. The predicted molar refractivity (Wildman–Crippen MR) is 77.3 cm³/mol. The Bertz CT molecular complexity index is 476. The summed E-state index contributed by atoms with van der Waals surface area (Å²) in [6.07, 6.45) is 0.551. The van der Waals surface area contributed by atoms with Crippen molar-refractivity contribution in [3.05, 3.63) is 29.8 Å². The fourth-order valence-electron chi connectivity index (χ4n) is 2.23. The molecule has 1 fully saturated rings. The molecule has 0 aliphatic carbocycles. The number of hydrogen-bond donors (Lipinski definition) is 3. The standard InChI is InChI=1S/C15H22N2O3/c1-14(2,11-3-5-12(16)6-4-11)13(18)17-9-15(19)7-8-20-10-15/h3-6,19H,7-10,16H2,1-2H3,(H,17,18). The van der Waals surface area contributed by atoms with E-state index in [0.717, 1.165) is 5.56 Å². The Balaban J connectivity index is 2.01. The maximum atomic E-state index is 12.4. The molecule has 0 bridgehead atoms. The van der Waals surface area contributed by atoms with E-state index in [1.54, 1.807) is 12.1 Å². The van der Waals surface area contributed by atoms with Crippen molar-refractivity contribution in [2.24, 2.45) is 0 Å². The first kappa shape index (κ1) is 14.8. The number of benzene rings is 1. The van der Waals surface area contributed by atoms with Crippen LogP contribution in [0.25, 0.3) is 0 Å². The average Bonchev–Trinajstić information content (AvgIpc) is 2.84. The summed E-state index contributed by atoms with van der Waals surface area (Å²) in [5.74, 6) is -0.123. The molecule has 1 heterocycles. The van der Waals surface area contributed by atoms with Gasteiger partial charge < -0.3 is 20.9 Å². The van der Waals surface area contributed by atoms with Gasteiger partial charge in [0.1, 0.15) is 5.60 Å². The molecule has 1 aromatic rings. The van der Waals surface area contributed by atoms with Gasteiger partial charge in [0.2, 0.25) is 5.91 Å². The lowest BCUT2D eigenvalue weighted by atomic mass is 9.83. The number of anilines is 1. The smallest absolute Gasteiger partial charge is 0.230 e. The second-order valence-electron chi connectivity index (χ2n) is 5.96. The van der Waals surface area contributed by atoms with Crippen LogP contribution >= 0.6 is 0 Å². The molecule has 110 valence electrons. The number of nitrogens with two attached hydrogens (primary N) is 1. The van der Waals surface area contributed by atoms with Crippen LogP contribution in [-0.4, -0.2) is 36.4 Å². The topological polar surface area (TPSA) is 84.6 Å². The molecule has 2 rings (SSSR count). The van der Waals surface area contributed by atoms with Gasteiger partial charge in [0.25, 0.3) is 0 Å². The zero-order valence-electron chi connectivity index (χ0n) is 12.0. The number of ether oxygens (including phenoxy) is 1. The van der Waals surface area contributed by atoms with Crippen LogP contribution in [0, 0.1) is 0 Å². The lowest BCUT2D eigenvalue weighted by molar-refractivity contribution is -0.126. The Kier molecular flexibility index (Phi) is 4.01. The third-order valence-corrected chi connectivity index (χ3v) is 3.86. The number of aliphatic hydroxyl groups is 1. The minimum absolute atomic E-state index is 0.123. The predicted octanol–water partition coefficient (Wildman–Crippen LogP) is 0.814. The molecule has 1 saturated heterocycles. The largest absolute Gasteiger partial charge is 0.399 e. The molecule has 5 nitrogen and oxygen atoms in total. The van der Waals surface area contributed by atoms with Crippen molar-refractivity contribution in [3.8, 4) is 0 Å². The van der Waals surface area contributed by atoms with Crippen LogP contribution < -0.4 is 11.1 Å². The van der Waals surface area contributed by atoms with E-state index in [4.69, 9.17) is 10.5 Å². The number of carbonyl (C=O) groups is 1. The van der Waals surface area contributed by atoms with Gasteiger partial charge in [-0.1, -0.05) is 12.1 Å². The molecule has 5 heteroatoms. The van der Waals surface area contributed by atoms with E-state index >= 15 is 0 Å². The number of hydrogen-bond acceptors (Lipinski definition) is 4. The molecule has 1 amide bonds. The summed E-state index contributed by atoms with van der Waals surface area (Å²) in [6.45, 7) is 4.72. The summed E-state index contributed by atoms with van der Waals surface area (Å²) in [5.41, 5.74) is 5.60. The molecule has 1 atom stereocenters. The Morgan fingerprint density at radius 2 is 2.10 bits per heavy atom. The molecule has 0 saturated carbocycles. The fraction of sp³-hybridized carbons (Fsp3) is 0.533. The van der Waals surface area contributed by atoms with Crippen molar-refractivity contribution in [1.29, 1.82) is 0 Å². The van der Waals surface area contributed by atoms with E-state index in [2.05, 4.69) is 5.32 Å². The van der Waals surface area contributed by atoms with Crippen molar-refractivity contribution >= 4 is 11.6 Å². The Labute approximate surface area is 119 Å². The Morgan fingerprint density at radius 3 is 2.65 bits per heavy atom. The van der Waals surface area contributed by atoms with E-state index in [1.165, 1.54) is 0 Å². The summed E-state index contributed by atoms with van der Waals surface area (Å²) >= 11 is 0. The molecule has 0 radical (unpaired) electrons. The monoisotopic (exact) mass is 278 g/mol.